The zero-order valence-electron chi connectivity index (χ0n) is 9.79. The van der Waals surface area contributed by atoms with Crippen molar-refractivity contribution in [1.82, 2.24) is 4.31 Å². The van der Waals surface area contributed by atoms with Crippen LogP contribution in [0.5, 0.6) is 0 Å². The van der Waals surface area contributed by atoms with Crippen molar-refractivity contribution < 1.29 is 17.9 Å². The Morgan fingerprint density at radius 1 is 1.65 bits per heavy atom. The van der Waals surface area contributed by atoms with Crippen LogP contribution in [0.1, 0.15) is 6.92 Å². The molecule has 0 aromatic rings. The van der Waals surface area contributed by atoms with Crippen molar-refractivity contribution in [3.63, 3.8) is 0 Å². The molecule has 0 aliphatic carbocycles. The summed E-state index contributed by atoms with van der Waals surface area (Å²) in [7, 11) is -3.39. The van der Waals surface area contributed by atoms with E-state index in [0.717, 1.165) is 0 Å². The van der Waals surface area contributed by atoms with Crippen LogP contribution in [0.4, 0.5) is 0 Å². The van der Waals surface area contributed by atoms with Gasteiger partial charge >= 0.3 is 5.97 Å². The van der Waals surface area contributed by atoms with Gasteiger partial charge in [0.25, 0.3) is 0 Å². The fourth-order valence-corrected chi connectivity index (χ4v) is 4.78. The summed E-state index contributed by atoms with van der Waals surface area (Å²) < 4.78 is 30.0. The average Bonchev–Trinajstić information content (AvgIpc) is 2.40. The highest BCUT2D eigenvalue weighted by molar-refractivity contribution is 8.00. The first-order chi connectivity index (χ1) is 8.03. The van der Waals surface area contributed by atoms with Crippen LogP contribution in [-0.4, -0.2) is 55.1 Å². The van der Waals surface area contributed by atoms with Crippen LogP contribution in [0, 0.1) is 0 Å². The van der Waals surface area contributed by atoms with Gasteiger partial charge in [0.05, 0.1) is 12.4 Å². The zero-order chi connectivity index (χ0) is 12.9. The lowest BCUT2D eigenvalue weighted by Gasteiger charge is -2.25. The van der Waals surface area contributed by atoms with Crippen molar-refractivity contribution in [3.8, 4) is 0 Å². The molecule has 0 radical (unpaired) electrons. The summed E-state index contributed by atoms with van der Waals surface area (Å²) in [5.41, 5.74) is 0. The predicted molar refractivity (Wildman–Crippen MR) is 68.4 cm³/mol. The number of nitrogens with zero attached hydrogens (tertiary/aromatic N) is 1. The van der Waals surface area contributed by atoms with Crippen molar-refractivity contribution >= 4 is 27.8 Å². The first kappa shape index (κ1) is 14.5. The molecule has 1 saturated heterocycles. The molecule has 5 nitrogen and oxygen atoms in total. The topological polar surface area (TPSA) is 63.7 Å². The first-order valence-corrected chi connectivity index (χ1v) is 8.14. The van der Waals surface area contributed by atoms with Crippen molar-refractivity contribution in [2.24, 2.45) is 0 Å². The quantitative estimate of drug-likeness (QED) is 0.553. The molecule has 17 heavy (non-hydrogen) atoms. The van der Waals surface area contributed by atoms with Crippen molar-refractivity contribution in [2.45, 2.75) is 13.0 Å². The molecule has 0 saturated carbocycles. The molecular weight excluding hydrogens is 262 g/mol. The average molecular weight is 279 g/mol. The summed E-state index contributed by atoms with van der Waals surface area (Å²) >= 11 is 1.45. The third-order valence-electron chi connectivity index (χ3n) is 2.33. The maximum Gasteiger partial charge on any atom is 0.325 e. The second kappa shape index (κ2) is 6.42. The zero-order valence-corrected chi connectivity index (χ0v) is 11.4. The van der Waals surface area contributed by atoms with Gasteiger partial charge in [-0.2, -0.15) is 16.1 Å². The molecule has 1 unspecified atom stereocenters. The minimum atomic E-state index is -3.39. The number of esters is 1. The summed E-state index contributed by atoms with van der Waals surface area (Å²) in [5, 5.41) is 0. The van der Waals surface area contributed by atoms with E-state index in [0.29, 0.717) is 11.5 Å². The lowest BCUT2D eigenvalue weighted by molar-refractivity contribution is -0.146. The number of thioether (sulfide) groups is 1. The predicted octanol–water partition coefficient (Wildman–Crippen LogP) is 0.483. The Labute approximate surface area is 106 Å². The molecule has 0 N–H and O–H groups in total. The van der Waals surface area contributed by atoms with Gasteiger partial charge < -0.3 is 4.74 Å². The van der Waals surface area contributed by atoms with E-state index < -0.39 is 22.0 Å². The van der Waals surface area contributed by atoms with Gasteiger partial charge in [-0.05, 0) is 6.92 Å². The maximum atomic E-state index is 12.0. The van der Waals surface area contributed by atoms with E-state index in [9.17, 15) is 13.2 Å². The highest BCUT2D eigenvalue weighted by atomic mass is 32.2. The van der Waals surface area contributed by atoms with Crippen molar-refractivity contribution in [1.29, 1.82) is 0 Å². The monoisotopic (exact) mass is 279 g/mol. The Hall–Kier alpha value is -0.530. The molecule has 0 bridgehead atoms. The van der Waals surface area contributed by atoms with E-state index in [1.165, 1.54) is 22.1 Å². The van der Waals surface area contributed by atoms with Crippen LogP contribution in [0.15, 0.2) is 12.7 Å². The third-order valence-corrected chi connectivity index (χ3v) is 5.47. The fraction of sp³-hybridized carbons (Fsp3) is 0.700. The third kappa shape index (κ3) is 3.72. The Balaban J connectivity index is 2.96. The van der Waals surface area contributed by atoms with Gasteiger partial charge in [0.1, 0.15) is 6.04 Å². The van der Waals surface area contributed by atoms with Crippen LogP contribution in [0.25, 0.3) is 0 Å². The first-order valence-electron chi connectivity index (χ1n) is 5.37. The van der Waals surface area contributed by atoms with Gasteiger partial charge in [-0.15, -0.1) is 6.58 Å². The number of carbonyl (C=O) groups is 1. The molecule has 1 heterocycles. The largest absolute Gasteiger partial charge is 0.465 e. The van der Waals surface area contributed by atoms with Crippen LogP contribution >= 0.6 is 11.8 Å². The SMILES string of the molecule is C=CCN1C(C(=O)OCC)CSCCS1(=O)=O. The van der Waals surface area contributed by atoms with Crippen LogP contribution in [0.2, 0.25) is 0 Å². The highest BCUT2D eigenvalue weighted by Gasteiger charge is 2.36. The molecule has 0 aromatic carbocycles. The standard InChI is InChI=1S/C10H17NO4S2/c1-3-5-11-9(10(12)15-4-2)8-16-6-7-17(11,13)14/h3,9H,1,4-8H2,2H3. The minimum absolute atomic E-state index is 0.0570. The van der Waals surface area contributed by atoms with Gasteiger partial charge in [0.2, 0.25) is 10.0 Å². The molecule has 1 aliphatic rings. The van der Waals surface area contributed by atoms with E-state index in [1.807, 2.05) is 0 Å². The van der Waals surface area contributed by atoms with Crippen LogP contribution < -0.4 is 0 Å². The second-order valence-electron chi connectivity index (χ2n) is 3.52. The van der Waals surface area contributed by atoms with Crippen molar-refractivity contribution in [3.05, 3.63) is 12.7 Å². The summed E-state index contributed by atoms with van der Waals surface area (Å²) in [6.45, 7) is 5.63. The van der Waals surface area contributed by atoms with E-state index in [-0.39, 0.29) is 18.9 Å². The Morgan fingerprint density at radius 2 is 2.35 bits per heavy atom. The number of carbonyl (C=O) groups excluding carboxylic acids is 1. The van der Waals surface area contributed by atoms with Gasteiger partial charge in [0, 0.05) is 18.1 Å². The molecule has 0 spiro atoms. The van der Waals surface area contributed by atoms with E-state index in [1.54, 1.807) is 6.92 Å². The molecular formula is C10H17NO4S2. The highest BCUT2D eigenvalue weighted by Crippen LogP contribution is 2.20. The number of hydrogen-bond acceptors (Lipinski definition) is 5. The summed E-state index contributed by atoms with van der Waals surface area (Å²) in [5.74, 6) is 0.520. The van der Waals surface area contributed by atoms with Gasteiger partial charge in [-0.1, -0.05) is 6.08 Å². The lowest BCUT2D eigenvalue weighted by Crippen LogP contribution is -2.47. The molecule has 1 atom stereocenters. The van der Waals surface area contributed by atoms with E-state index in [2.05, 4.69) is 6.58 Å². The Bertz CT molecular complexity index is 380. The number of sulfonamides is 1. The molecule has 0 aromatic heterocycles. The summed E-state index contributed by atoms with van der Waals surface area (Å²) in [6, 6.07) is -0.731. The van der Waals surface area contributed by atoms with Gasteiger partial charge in [-0.25, -0.2) is 8.42 Å². The normalized spacial score (nSPS) is 24.9. The van der Waals surface area contributed by atoms with E-state index in [4.69, 9.17) is 4.74 Å². The van der Waals surface area contributed by atoms with Gasteiger partial charge in [-0.3, -0.25) is 4.79 Å². The molecule has 1 aliphatic heterocycles. The van der Waals surface area contributed by atoms with E-state index >= 15 is 0 Å². The summed E-state index contributed by atoms with van der Waals surface area (Å²) in [4.78, 5) is 11.7. The second-order valence-corrected chi connectivity index (χ2v) is 6.71. The van der Waals surface area contributed by atoms with Crippen LogP contribution in [-0.2, 0) is 19.6 Å². The number of rotatable bonds is 4. The van der Waals surface area contributed by atoms with Crippen molar-refractivity contribution in [2.75, 3.05) is 30.4 Å². The fourth-order valence-electron chi connectivity index (χ4n) is 1.55. The Kier molecular flexibility index (Phi) is 5.48. The number of hydrogen-bond donors (Lipinski definition) is 0. The minimum Gasteiger partial charge on any atom is -0.465 e. The van der Waals surface area contributed by atoms with Gasteiger partial charge in [0.15, 0.2) is 0 Å². The lowest BCUT2D eigenvalue weighted by atomic mass is 10.3. The Morgan fingerprint density at radius 3 is 2.94 bits per heavy atom. The smallest absolute Gasteiger partial charge is 0.325 e. The molecule has 98 valence electrons. The number of ether oxygens (including phenoxy) is 1. The molecule has 1 rings (SSSR count). The summed E-state index contributed by atoms with van der Waals surface area (Å²) in [6.07, 6.45) is 1.49. The molecule has 1 fully saturated rings. The maximum absolute atomic E-state index is 12.0. The van der Waals surface area contributed by atoms with Crippen LogP contribution in [0.3, 0.4) is 0 Å². The molecule has 7 heteroatoms. The molecule has 0 amide bonds.